The summed E-state index contributed by atoms with van der Waals surface area (Å²) in [6, 6.07) is 19.2. The van der Waals surface area contributed by atoms with Gasteiger partial charge < -0.3 is 24.6 Å². The van der Waals surface area contributed by atoms with Gasteiger partial charge in [-0.25, -0.2) is 9.78 Å². The van der Waals surface area contributed by atoms with Gasteiger partial charge in [0.1, 0.15) is 0 Å². The lowest BCUT2D eigenvalue weighted by molar-refractivity contribution is -0.0482. The highest BCUT2D eigenvalue weighted by Gasteiger charge is 2.42. The van der Waals surface area contributed by atoms with Crippen LogP contribution in [0.2, 0.25) is 0 Å². The smallest absolute Gasteiger partial charge is 0.407 e. The van der Waals surface area contributed by atoms with E-state index in [1.807, 2.05) is 65.2 Å². The molecule has 1 saturated heterocycles. The van der Waals surface area contributed by atoms with Crippen molar-refractivity contribution in [3.8, 4) is 11.3 Å². The SMILES string of the molecule is CCCC1(O)CCCCC1n1cnc(C(=O)N2CCN(C(=O)O)C[C@H]2Cc2ccccc2)c1-c1ccccc1. The fourth-order valence-electron chi connectivity index (χ4n) is 6.46. The lowest BCUT2D eigenvalue weighted by atomic mass is 9.77. The first-order valence-corrected chi connectivity index (χ1v) is 14.1. The van der Waals surface area contributed by atoms with E-state index in [2.05, 4.69) is 6.92 Å². The number of carbonyl (C=O) groups is 2. The molecular formula is C31H38N4O4. The fourth-order valence-corrected chi connectivity index (χ4v) is 6.46. The second-order valence-electron chi connectivity index (χ2n) is 10.9. The summed E-state index contributed by atoms with van der Waals surface area (Å²) in [6.07, 6.45) is 6.45. The van der Waals surface area contributed by atoms with Crippen molar-refractivity contribution in [1.82, 2.24) is 19.4 Å². The topological polar surface area (TPSA) is 98.9 Å². The monoisotopic (exact) mass is 530 g/mol. The predicted octanol–water partition coefficient (Wildman–Crippen LogP) is 5.24. The summed E-state index contributed by atoms with van der Waals surface area (Å²) < 4.78 is 2.04. The van der Waals surface area contributed by atoms with Crippen LogP contribution in [0.15, 0.2) is 67.0 Å². The first-order valence-electron chi connectivity index (χ1n) is 14.1. The zero-order chi connectivity index (χ0) is 27.4. The van der Waals surface area contributed by atoms with Gasteiger partial charge in [-0.3, -0.25) is 4.79 Å². The maximum absolute atomic E-state index is 14.3. The van der Waals surface area contributed by atoms with Gasteiger partial charge >= 0.3 is 6.09 Å². The maximum atomic E-state index is 14.3. The summed E-state index contributed by atoms with van der Waals surface area (Å²) in [4.78, 5) is 34.0. The van der Waals surface area contributed by atoms with Crippen LogP contribution in [0.25, 0.3) is 11.3 Å². The second kappa shape index (κ2) is 11.6. The normalized spacial score (nSPS) is 23.5. The minimum atomic E-state index is -0.970. The molecule has 2 unspecified atom stereocenters. The van der Waals surface area contributed by atoms with Gasteiger partial charge in [0.25, 0.3) is 5.91 Å². The minimum absolute atomic E-state index is 0.167. The second-order valence-corrected chi connectivity index (χ2v) is 10.9. The molecule has 2 amide bonds. The Balaban J connectivity index is 1.54. The Labute approximate surface area is 229 Å². The van der Waals surface area contributed by atoms with E-state index in [0.717, 1.165) is 48.9 Å². The summed E-state index contributed by atoms with van der Waals surface area (Å²) in [5.74, 6) is -0.201. The third kappa shape index (κ3) is 5.57. The van der Waals surface area contributed by atoms with E-state index in [-0.39, 0.29) is 31.1 Å². The molecule has 2 N–H and O–H groups in total. The predicted molar refractivity (Wildman–Crippen MR) is 150 cm³/mol. The number of benzene rings is 2. The highest BCUT2D eigenvalue weighted by molar-refractivity contribution is 5.98. The molecule has 2 fully saturated rings. The van der Waals surface area contributed by atoms with Crippen molar-refractivity contribution in [1.29, 1.82) is 0 Å². The van der Waals surface area contributed by atoms with Crippen LogP contribution < -0.4 is 0 Å². The van der Waals surface area contributed by atoms with Gasteiger partial charge in [0, 0.05) is 25.2 Å². The van der Waals surface area contributed by atoms with E-state index in [4.69, 9.17) is 4.98 Å². The molecule has 0 radical (unpaired) electrons. The number of carbonyl (C=O) groups excluding carboxylic acids is 1. The highest BCUT2D eigenvalue weighted by atomic mass is 16.4. The number of rotatable bonds is 7. The van der Waals surface area contributed by atoms with Gasteiger partial charge in [-0.15, -0.1) is 0 Å². The molecule has 2 aliphatic rings. The van der Waals surface area contributed by atoms with Gasteiger partial charge in [0.05, 0.1) is 29.7 Å². The zero-order valence-electron chi connectivity index (χ0n) is 22.6. The third-order valence-corrected chi connectivity index (χ3v) is 8.35. The largest absolute Gasteiger partial charge is 0.465 e. The van der Waals surface area contributed by atoms with Gasteiger partial charge in [-0.2, -0.15) is 0 Å². The van der Waals surface area contributed by atoms with Crippen molar-refractivity contribution >= 4 is 12.0 Å². The van der Waals surface area contributed by atoms with E-state index in [1.54, 1.807) is 11.2 Å². The van der Waals surface area contributed by atoms with E-state index in [0.29, 0.717) is 25.1 Å². The maximum Gasteiger partial charge on any atom is 0.407 e. The number of amides is 2. The van der Waals surface area contributed by atoms with E-state index in [1.165, 1.54) is 4.90 Å². The van der Waals surface area contributed by atoms with Crippen LogP contribution in [-0.4, -0.2) is 72.8 Å². The zero-order valence-corrected chi connectivity index (χ0v) is 22.6. The van der Waals surface area contributed by atoms with Crippen LogP contribution >= 0.6 is 0 Å². The minimum Gasteiger partial charge on any atom is -0.465 e. The fraction of sp³-hybridized carbons (Fsp3) is 0.452. The molecule has 1 aliphatic heterocycles. The Hall–Kier alpha value is -3.65. The van der Waals surface area contributed by atoms with Crippen LogP contribution in [0.1, 0.15) is 67.5 Å². The van der Waals surface area contributed by atoms with Crippen molar-refractivity contribution in [2.24, 2.45) is 0 Å². The van der Waals surface area contributed by atoms with Crippen molar-refractivity contribution in [3.05, 3.63) is 78.2 Å². The average molecular weight is 531 g/mol. The number of hydrogen-bond acceptors (Lipinski definition) is 4. The van der Waals surface area contributed by atoms with E-state index < -0.39 is 11.7 Å². The number of nitrogens with zero attached hydrogens (tertiary/aromatic N) is 4. The molecule has 3 atom stereocenters. The molecule has 39 heavy (non-hydrogen) atoms. The molecule has 0 spiro atoms. The Bertz CT molecular complexity index is 1270. The van der Waals surface area contributed by atoms with Crippen molar-refractivity contribution in [3.63, 3.8) is 0 Å². The van der Waals surface area contributed by atoms with Gasteiger partial charge in [-0.05, 0) is 31.2 Å². The van der Waals surface area contributed by atoms with Crippen LogP contribution in [0.4, 0.5) is 4.79 Å². The summed E-state index contributed by atoms with van der Waals surface area (Å²) in [6.45, 7) is 2.89. The lowest BCUT2D eigenvalue weighted by Gasteiger charge is -2.42. The standard InChI is InChI=1S/C31H38N4O4/c1-2-16-31(39)17-10-9-15-26(31)35-22-32-27(28(35)24-13-7-4-8-14-24)29(36)34-19-18-33(30(37)38)21-25(34)20-23-11-5-3-6-12-23/h3-8,11-14,22,25-26,39H,2,9-10,15-21H2,1H3,(H,37,38)/t25-,26?,31?/m1/s1. The Kier molecular flexibility index (Phi) is 8.02. The average Bonchev–Trinajstić information content (AvgIpc) is 3.38. The number of aromatic nitrogens is 2. The Morgan fingerprint density at radius 1 is 1.03 bits per heavy atom. The molecule has 2 aromatic carbocycles. The molecule has 0 bridgehead atoms. The van der Waals surface area contributed by atoms with E-state index >= 15 is 0 Å². The Morgan fingerprint density at radius 3 is 2.44 bits per heavy atom. The van der Waals surface area contributed by atoms with Gasteiger partial charge in [-0.1, -0.05) is 86.8 Å². The van der Waals surface area contributed by atoms with Crippen molar-refractivity contribution in [2.75, 3.05) is 19.6 Å². The molecule has 5 rings (SSSR count). The van der Waals surface area contributed by atoms with Gasteiger partial charge in [0.2, 0.25) is 0 Å². The summed E-state index contributed by atoms with van der Waals surface area (Å²) in [5.41, 5.74) is 2.16. The molecule has 1 saturated carbocycles. The summed E-state index contributed by atoms with van der Waals surface area (Å²) in [5, 5.41) is 21.4. The Morgan fingerprint density at radius 2 is 1.74 bits per heavy atom. The van der Waals surface area contributed by atoms with Crippen LogP contribution in [0, 0.1) is 0 Å². The first kappa shape index (κ1) is 26.9. The molecule has 1 aliphatic carbocycles. The molecule has 2 heterocycles. The van der Waals surface area contributed by atoms with Crippen molar-refractivity contribution in [2.45, 2.75) is 69.6 Å². The number of aliphatic hydroxyl groups is 1. The number of hydrogen-bond donors (Lipinski definition) is 2. The van der Waals surface area contributed by atoms with Crippen LogP contribution in [-0.2, 0) is 6.42 Å². The molecule has 206 valence electrons. The highest BCUT2D eigenvalue weighted by Crippen LogP contribution is 2.43. The number of imidazole rings is 1. The van der Waals surface area contributed by atoms with Crippen LogP contribution in [0.5, 0.6) is 0 Å². The molecule has 1 aromatic heterocycles. The van der Waals surface area contributed by atoms with Gasteiger partial charge in [0.15, 0.2) is 5.69 Å². The molecule has 8 nitrogen and oxygen atoms in total. The van der Waals surface area contributed by atoms with E-state index in [9.17, 15) is 19.8 Å². The third-order valence-electron chi connectivity index (χ3n) is 8.35. The molecular weight excluding hydrogens is 492 g/mol. The quantitative estimate of drug-likeness (QED) is 0.435. The molecule has 3 aromatic rings. The van der Waals surface area contributed by atoms with Crippen molar-refractivity contribution < 1.29 is 19.8 Å². The summed E-state index contributed by atoms with van der Waals surface area (Å²) >= 11 is 0. The van der Waals surface area contributed by atoms with Crippen LogP contribution in [0.3, 0.4) is 0 Å². The summed E-state index contributed by atoms with van der Waals surface area (Å²) in [7, 11) is 0. The first-order chi connectivity index (χ1) is 18.9. The number of piperazine rings is 1. The number of carboxylic acid groups (broad SMARTS) is 1. The molecule has 8 heteroatoms. The lowest BCUT2D eigenvalue weighted by Crippen LogP contribution is -2.57.